The van der Waals surface area contributed by atoms with Crippen molar-refractivity contribution in [3.63, 3.8) is 0 Å². The van der Waals surface area contributed by atoms with E-state index < -0.39 is 15.9 Å². The lowest BCUT2D eigenvalue weighted by Crippen LogP contribution is -2.42. The molecule has 0 aliphatic heterocycles. The summed E-state index contributed by atoms with van der Waals surface area (Å²) in [4.78, 5) is 18.8. The number of nitrogens with zero attached hydrogens (tertiary/aromatic N) is 1. The first-order valence-electron chi connectivity index (χ1n) is 8.87. The Hall–Kier alpha value is -2.55. The summed E-state index contributed by atoms with van der Waals surface area (Å²) in [5.41, 5.74) is 5.08. The number of sulfonamides is 1. The molecule has 0 aliphatic rings. The van der Waals surface area contributed by atoms with Crippen LogP contribution in [0.4, 0.5) is 0 Å². The molecular weight excluding hydrogens is 394 g/mol. The van der Waals surface area contributed by atoms with Gasteiger partial charge in [-0.25, -0.2) is 13.4 Å². The van der Waals surface area contributed by atoms with Crippen molar-refractivity contribution in [2.45, 2.75) is 31.1 Å². The molecule has 1 amide bonds. The number of carbonyl (C=O) groups excluding carboxylic acids is 1. The van der Waals surface area contributed by atoms with Crippen molar-refractivity contribution in [1.82, 2.24) is 15.2 Å². The van der Waals surface area contributed by atoms with Gasteiger partial charge < -0.3 is 0 Å². The fourth-order valence-electron chi connectivity index (χ4n) is 2.62. The van der Waals surface area contributed by atoms with Gasteiger partial charge in [-0.2, -0.15) is 0 Å². The summed E-state index contributed by atoms with van der Waals surface area (Å²) in [6.07, 6.45) is 1.88. The number of aryl methyl sites for hydroxylation is 1. The van der Waals surface area contributed by atoms with Crippen LogP contribution in [0.3, 0.4) is 0 Å². The van der Waals surface area contributed by atoms with Crippen LogP contribution in [0.25, 0.3) is 11.3 Å². The molecule has 0 atom stereocenters. The minimum Gasteiger partial charge on any atom is -0.277 e. The Labute approximate surface area is 168 Å². The highest BCUT2D eigenvalue weighted by atomic mass is 32.2. The van der Waals surface area contributed by atoms with Gasteiger partial charge in [-0.05, 0) is 24.1 Å². The third-order valence-corrected chi connectivity index (χ3v) is 6.14. The molecule has 8 heteroatoms. The van der Waals surface area contributed by atoms with Crippen LogP contribution in [-0.4, -0.2) is 19.3 Å². The van der Waals surface area contributed by atoms with Crippen molar-refractivity contribution in [2.75, 3.05) is 0 Å². The van der Waals surface area contributed by atoms with Gasteiger partial charge in [-0.1, -0.05) is 55.8 Å². The quantitative estimate of drug-likeness (QED) is 0.553. The van der Waals surface area contributed by atoms with Crippen molar-refractivity contribution in [3.05, 3.63) is 70.5 Å². The minimum atomic E-state index is -3.82. The molecule has 1 heterocycles. The van der Waals surface area contributed by atoms with Crippen LogP contribution in [0, 0.1) is 0 Å². The number of amides is 1. The number of nitrogens with one attached hydrogen (secondary N) is 2. The molecule has 0 radical (unpaired) electrons. The largest absolute Gasteiger partial charge is 0.277 e. The smallest absolute Gasteiger partial charge is 0.257 e. The zero-order valence-electron chi connectivity index (χ0n) is 15.4. The number of aromatic nitrogens is 1. The SMILES string of the molecule is CCCc1ccc(S(=O)(=O)NNC(=O)Cc2nc(-c3ccccc3)cs2)cc1. The highest BCUT2D eigenvalue weighted by molar-refractivity contribution is 7.89. The Bertz CT molecular complexity index is 1030. The van der Waals surface area contributed by atoms with E-state index in [1.165, 1.54) is 23.5 Å². The van der Waals surface area contributed by atoms with Gasteiger partial charge in [0.1, 0.15) is 5.01 Å². The molecule has 3 aromatic rings. The van der Waals surface area contributed by atoms with Crippen LogP contribution in [0.15, 0.2) is 64.9 Å². The Morgan fingerprint density at radius 3 is 2.46 bits per heavy atom. The normalized spacial score (nSPS) is 11.3. The summed E-state index contributed by atoms with van der Waals surface area (Å²) in [6.45, 7) is 2.06. The zero-order chi connectivity index (χ0) is 20.0. The van der Waals surface area contributed by atoms with Crippen LogP contribution >= 0.6 is 11.3 Å². The lowest BCUT2D eigenvalue weighted by atomic mass is 10.1. The van der Waals surface area contributed by atoms with Crippen LogP contribution in [0.5, 0.6) is 0 Å². The summed E-state index contributed by atoms with van der Waals surface area (Å²) < 4.78 is 24.6. The van der Waals surface area contributed by atoms with E-state index in [9.17, 15) is 13.2 Å². The van der Waals surface area contributed by atoms with Gasteiger partial charge in [0.2, 0.25) is 5.91 Å². The first kappa shape index (κ1) is 20.2. The molecule has 0 unspecified atom stereocenters. The maximum absolute atomic E-state index is 12.3. The second-order valence-electron chi connectivity index (χ2n) is 6.22. The summed E-state index contributed by atoms with van der Waals surface area (Å²) in [5, 5.41) is 2.49. The molecule has 6 nitrogen and oxygen atoms in total. The van der Waals surface area contributed by atoms with Crippen LogP contribution in [-0.2, 0) is 27.7 Å². The molecule has 0 fully saturated rings. The Kier molecular flexibility index (Phi) is 6.56. The topological polar surface area (TPSA) is 88.2 Å². The molecule has 0 spiro atoms. The van der Waals surface area contributed by atoms with E-state index in [1.54, 1.807) is 12.1 Å². The first-order chi connectivity index (χ1) is 13.5. The highest BCUT2D eigenvalue weighted by Gasteiger charge is 2.16. The molecule has 28 heavy (non-hydrogen) atoms. The molecule has 0 bridgehead atoms. The molecule has 1 aromatic heterocycles. The van der Waals surface area contributed by atoms with Crippen molar-refractivity contribution < 1.29 is 13.2 Å². The summed E-state index contributed by atoms with van der Waals surface area (Å²) in [6, 6.07) is 16.3. The van der Waals surface area contributed by atoms with Crippen LogP contribution in [0.2, 0.25) is 0 Å². The summed E-state index contributed by atoms with van der Waals surface area (Å²) in [7, 11) is -3.82. The third-order valence-electron chi connectivity index (χ3n) is 4.03. The molecule has 146 valence electrons. The Morgan fingerprint density at radius 2 is 1.79 bits per heavy atom. The van der Waals surface area contributed by atoms with Gasteiger partial charge in [0.15, 0.2) is 0 Å². The predicted molar refractivity (Wildman–Crippen MR) is 110 cm³/mol. The summed E-state index contributed by atoms with van der Waals surface area (Å²) >= 11 is 1.36. The number of carbonyl (C=O) groups is 1. The van der Waals surface area contributed by atoms with E-state index in [1.807, 2.05) is 35.7 Å². The van der Waals surface area contributed by atoms with Crippen LogP contribution in [0.1, 0.15) is 23.9 Å². The Morgan fingerprint density at radius 1 is 1.07 bits per heavy atom. The third kappa shape index (κ3) is 5.25. The number of benzene rings is 2. The van der Waals surface area contributed by atoms with Gasteiger partial charge >= 0.3 is 0 Å². The fraction of sp³-hybridized carbons (Fsp3) is 0.200. The molecule has 0 aliphatic carbocycles. The van der Waals surface area contributed by atoms with E-state index in [4.69, 9.17) is 0 Å². The van der Waals surface area contributed by atoms with Gasteiger partial charge in [-0.3, -0.25) is 10.2 Å². The van der Waals surface area contributed by atoms with Crippen molar-refractivity contribution >= 4 is 27.3 Å². The highest BCUT2D eigenvalue weighted by Crippen LogP contribution is 2.21. The van der Waals surface area contributed by atoms with Gasteiger partial charge in [0.05, 0.1) is 17.0 Å². The molecule has 2 N–H and O–H groups in total. The first-order valence-corrected chi connectivity index (χ1v) is 11.2. The van der Waals surface area contributed by atoms with E-state index in [2.05, 4.69) is 22.2 Å². The maximum atomic E-state index is 12.3. The number of hydrogen-bond donors (Lipinski definition) is 2. The predicted octanol–water partition coefficient (Wildman–Crippen LogP) is 3.31. The number of rotatable bonds is 8. The fourth-order valence-corrected chi connectivity index (χ4v) is 4.28. The van der Waals surface area contributed by atoms with Crippen LogP contribution < -0.4 is 10.3 Å². The second kappa shape index (κ2) is 9.09. The standard InChI is InChI=1S/C20H21N3O3S2/c1-2-6-15-9-11-17(12-10-15)28(25,26)23-22-19(24)13-20-21-18(14-27-20)16-7-4-3-5-8-16/h3-5,7-12,14,23H,2,6,13H2,1H3,(H,22,24). The second-order valence-corrected chi connectivity index (χ2v) is 8.84. The number of hydrogen-bond acceptors (Lipinski definition) is 5. The van der Waals surface area contributed by atoms with E-state index in [0.29, 0.717) is 5.01 Å². The van der Waals surface area contributed by atoms with Crippen molar-refractivity contribution in [2.24, 2.45) is 0 Å². The van der Waals surface area contributed by atoms with Crippen molar-refractivity contribution in [3.8, 4) is 11.3 Å². The molecule has 3 rings (SSSR count). The van der Waals surface area contributed by atoms with Crippen molar-refractivity contribution in [1.29, 1.82) is 0 Å². The lowest BCUT2D eigenvalue weighted by molar-refractivity contribution is -0.120. The number of hydrazine groups is 1. The number of thiazole rings is 1. The lowest BCUT2D eigenvalue weighted by Gasteiger charge is -2.08. The summed E-state index contributed by atoms with van der Waals surface area (Å²) in [5.74, 6) is -0.472. The molecule has 2 aromatic carbocycles. The van der Waals surface area contributed by atoms with E-state index >= 15 is 0 Å². The van der Waals surface area contributed by atoms with E-state index in [-0.39, 0.29) is 11.3 Å². The van der Waals surface area contributed by atoms with E-state index in [0.717, 1.165) is 29.7 Å². The molecular formula is C20H21N3O3S2. The van der Waals surface area contributed by atoms with Gasteiger partial charge in [0.25, 0.3) is 10.0 Å². The maximum Gasteiger partial charge on any atom is 0.257 e. The monoisotopic (exact) mass is 415 g/mol. The minimum absolute atomic E-state index is 0.00451. The molecule has 0 saturated carbocycles. The average molecular weight is 416 g/mol. The molecule has 0 saturated heterocycles. The van der Waals surface area contributed by atoms with Gasteiger partial charge in [-0.15, -0.1) is 16.2 Å². The van der Waals surface area contributed by atoms with Gasteiger partial charge in [0, 0.05) is 10.9 Å². The zero-order valence-corrected chi connectivity index (χ0v) is 17.0. The Balaban J connectivity index is 1.57. The average Bonchev–Trinajstić information content (AvgIpc) is 3.16.